The normalized spacial score (nSPS) is 15.4. The molecule has 0 aliphatic carbocycles. The van der Waals surface area contributed by atoms with Crippen molar-refractivity contribution in [1.29, 1.82) is 5.26 Å². The second-order valence-electron chi connectivity index (χ2n) is 7.12. The van der Waals surface area contributed by atoms with Gasteiger partial charge in [-0.1, -0.05) is 12.1 Å². The highest BCUT2D eigenvalue weighted by Crippen LogP contribution is 2.34. The van der Waals surface area contributed by atoms with Crippen LogP contribution in [0.5, 0.6) is 5.75 Å². The van der Waals surface area contributed by atoms with Gasteiger partial charge in [0.15, 0.2) is 6.61 Å². The zero-order valence-corrected chi connectivity index (χ0v) is 15.7. The van der Waals surface area contributed by atoms with Gasteiger partial charge in [-0.25, -0.2) is 4.39 Å². The number of halogens is 1. The second kappa shape index (κ2) is 8.69. The molecule has 7 nitrogen and oxygen atoms in total. The van der Waals surface area contributed by atoms with E-state index in [-0.39, 0.29) is 24.0 Å². The largest absolute Gasteiger partial charge is 0.484 e. The van der Waals surface area contributed by atoms with Gasteiger partial charge in [-0.2, -0.15) is 5.26 Å². The van der Waals surface area contributed by atoms with Gasteiger partial charge in [-0.15, -0.1) is 0 Å². The summed E-state index contributed by atoms with van der Waals surface area (Å²) in [5, 5.41) is 20.4. The number of carbonyl (C=O) groups excluding carboxylic acids is 1. The van der Waals surface area contributed by atoms with Gasteiger partial charge >= 0.3 is 0 Å². The molecule has 1 saturated heterocycles. The van der Waals surface area contributed by atoms with Crippen molar-refractivity contribution in [3.63, 3.8) is 0 Å². The van der Waals surface area contributed by atoms with Crippen molar-refractivity contribution in [3.05, 3.63) is 70.0 Å². The maximum Gasteiger partial charge on any atom is 0.269 e. The molecule has 1 aliphatic rings. The maximum atomic E-state index is 13.1. The molecule has 0 bridgehead atoms. The van der Waals surface area contributed by atoms with Crippen LogP contribution in [0.15, 0.2) is 48.5 Å². The van der Waals surface area contributed by atoms with Gasteiger partial charge in [-0.05, 0) is 49.1 Å². The number of hydrogen-bond acceptors (Lipinski definition) is 5. The Kier molecular flexibility index (Phi) is 6.07. The maximum absolute atomic E-state index is 13.1. The molecule has 0 unspecified atom stereocenters. The molecule has 2 aromatic rings. The number of carbonyl (C=O) groups is 1. The highest BCUT2D eigenvalue weighted by Gasteiger charge is 2.36. The van der Waals surface area contributed by atoms with E-state index < -0.39 is 10.3 Å². The first-order chi connectivity index (χ1) is 13.9. The topological polar surface area (TPSA) is 96.5 Å². The Morgan fingerprint density at radius 3 is 2.34 bits per heavy atom. The van der Waals surface area contributed by atoms with E-state index in [1.54, 1.807) is 17.0 Å². The summed E-state index contributed by atoms with van der Waals surface area (Å²) in [6.07, 6.45) is 1.58. The molecule has 0 saturated carbocycles. The average Bonchev–Trinajstić information content (AvgIpc) is 2.74. The number of ether oxygens (including phenoxy) is 1. The monoisotopic (exact) mass is 397 g/mol. The standard InChI is InChI=1S/C21H20FN3O4/c22-17-3-1-16(2-4-17)13-21(15-23)9-11-24(12-10-21)20(26)14-29-19-7-5-18(6-8-19)25(27)28/h1-8H,9-14H2. The molecule has 2 aromatic carbocycles. The Hall–Kier alpha value is -3.47. The van der Waals surface area contributed by atoms with Crippen LogP contribution >= 0.6 is 0 Å². The van der Waals surface area contributed by atoms with E-state index in [0.717, 1.165) is 5.56 Å². The first-order valence-corrected chi connectivity index (χ1v) is 9.21. The molecule has 0 N–H and O–H groups in total. The highest BCUT2D eigenvalue weighted by atomic mass is 19.1. The lowest BCUT2D eigenvalue weighted by molar-refractivity contribution is -0.384. The zero-order valence-electron chi connectivity index (χ0n) is 15.7. The first kappa shape index (κ1) is 20.3. The third-order valence-corrected chi connectivity index (χ3v) is 5.18. The molecular formula is C21H20FN3O4. The molecule has 1 amide bonds. The summed E-state index contributed by atoms with van der Waals surface area (Å²) in [5.74, 6) is -0.131. The van der Waals surface area contributed by atoms with Gasteiger partial charge < -0.3 is 9.64 Å². The third kappa shape index (κ3) is 5.08. The minimum Gasteiger partial charge on any atom is -0.484 e. The van der Waals surface area contributed by atoms with Crippen LogP contribution in [0.2, 0.25) is 0 Å². The third-order valence-electron chi connectivity index (χ3n) is 5.18. The molecular weight excluding hydrogens is 377 g/mol. The zero-order chi connectivity index (χ0) is 20.9. The smallest absolute Gasteiger partial charge is 0.269 e. The number of nitro groups is 1. The number of benzene rings is 2. The van der Waals surface area contributed by atoms with E-state index in [1.165, 1.54) is 36.4 Å². The van der Waals surface area contributed by atoms with Crippen molar-refractivity contribution in [2.75, 3.05) is 19.7 Å². The van der Waals surface area contributed by atoms with Crippen LogP contribution in [0.1, 0.15) is 18.4 Å². The van der Waals surface area contributed by atoms with Crippen molar-refractivity contribution >= 4 is 11.6 Å². The Balaban J connectivity index is 1.52. The summed E-state index contributed by atoms with van der Waals surface area (Å²) < 4.78 is 18.5. The fraction of sp³-hybridized carbons (Fsp3) is 0.333. The number of hydrogen-bond donors (Lipinski definition) is 0. The van der Waals surface area contributed by atoms with E-state index in [9.17, 15) is 24.6 Å². The van der Waals surface area contributed by atoms with Crippen molar-refractivity contribution in [3.8, 4) is 11.8 Å². The second-order valence-corrected chi connectivity index (χ2v) is 7.12. The van der Waals surface area contributed by atoms with Crippen molar-refractivity contribution in [2.45, 2.75) is 19.3 Å². The number of nitro benzene ring substituents is 1. The Labute approximate surface area is 167 Å². The van der Waals surface area contributed by atoms with Crippen LogP contribution < -0.4 is 4.74 Å². The van der Waals surface area contributed by atoms with Gasteiger partial charge in [0, 0.05) is 25.2 Å². The van der Waals surface area contributed by atoms with E-state index in [0.29, 0.717) is 38.1 Å². The van der Waals surface area contributed by atoms with Crippen LogP contribution in [-0.2, 0) is 11.2 Å². The van der Waals surface area contributed by atoms with Crippen LogP contribution in [0.4, 0.5) is 10.1 Å². The number of likely N-dealkylation sites (tertiary alicyclic amines) is 1. The van der Waals surface area contributed by atoms with Gasteiger partial charge in [0.1, 0.15) is 11.6 Å². The molecule has 0 aromatic heterocycles. The van der Waals surface area contributed by atoms with E-state index in [2.05, 4.69) is 6.07 Å². The summed E-state index contributed by atoms with van der Waals surface area (Å²) in [4.78, 5) is 24.2. The quantitative estimate of drug-likeness (QED) is 0.549. The predicted molar refractivity (Wildman–Crippen MR) is 103 cm³/mol. The Morgan fingerprint density at radius 2 is 1.79 bits per heavy atom. The predicted octanol–water partition coefficient (Wildman–Crippen LogP) is 3.49. The highest BCUT2D eigenvalue weighted by molar-refractivity contribution is 5.78. The molecule has 29 heavy (non-hydrogen) atoms. The Morgan fingerprint density at radius 1 is 1.17 bits per heavy atom. The lowest BCUT2D eigenvalue weighted by Crippen LogP contribution is -2.45. The number of non-ortho nitro benzene ring substituents is 1. The van der Waals surface area contributed by atoms with E-state index in [1.807, 2.05) is 0 Å². The molecule has 0 atom stereocenters. The van der Waals surface area contributed by atoms with E-state index in [4.69, 9.17) is 4.74 Å². The Bertz CT molecular complexity index is 914. The number of amides is 1. The number of nitrogens with zero attached hydrogens (tertiary/aromatic N) is 3. The van der Waals surface area contributed by atoms with Crippen molar-refractivity contribution < 1.29 is 18.8 Å². The minimum atomic E-state index is -0.576. The van der Waals surface area contributed by atoms with Crippen LogP contribution in [-0.4, -0.2) is 35.4 Å². The van der Waals surface area contributed by atoms with Gasteiger partial charge in [0.25, 0.3) is 11.6 Å². The molecule has 150 valence electrons. The van der Waals surface area contributed by atoms with Gasteiger partial charge in [0.05, 0.1) is 16.4 Å². The summed E-state index contributed by atoms with van der Waals surface area (Å²) in [5.41, 5.74) is 0.274. The fourth-order valence-electron chi connectivity index (χ4n) is 3.41. The molecule has 0 radical (unpaired) electrons. The van der Waals surface area contributed by atoms with E-state index >= 15 is 0 Å². The van der Waals surface area contributed by atoms with Gasteiger partial charge in [-0.3, -0.25) is 14.9 Å². The summed E-state index contributed by atoms with van der Waals surface area (Å²) in [7, 11) is 0. The lowest BCUT2D eigenvalue weighted by atomic mass is 9.75. The number of rotatable bonds is 6. The average molecular weight is 397 g/mol. The summed E-state index contributed by atoms with van der Waals surface area (Å²) in [6.45, 7) is 0.712. The molecule has 8 heteroatoms. The number of piperidine rings is 1. The van der Waals surface area contributed by atoms with Crippen LogP contribution in [0.25, 0.3) is 0 Å². The molecule has 1 aliphatic heterocycles. The van der Waals surface area contributed by atoms with Crippen LogP contribution in [0.3, 0.4) is 0 Å². The van der Waals surface area contributed by atoms with Crippen molar-refractivity contribution in [2.24, 2.45) is 5.41 Å². The summed E-state index contributed by atoms with van der Waals surface area (Å²) in [6, 6.07) is 14.1. The van der Waals surface area contributed by atoms with Gasteiger partial charge in [0.2, 0.25) is 0 Å². The molecule has 0 spiro atoms. The SMILES string of the molecule is N#CC1(Cc2ccc(F)cc2)CCN(C(=O)COc2ccc([N+](=O)[O-])cc2)CC1. The minimum absolute atomic E-state index is 0.0475. The lowest BCUT2D eigenvalue weighted by Gasteiger charge is -2.37. The molecule has 1 heterocycles. The molecule has 3 rings (SSSR count). The number of nitriles is 1. The first-order valence-electron chi connectivity index (χ1n) is 9.21. The van der Waals surface area contributed by atoms with Crippen LogP contribution in [0, 0.1) is 32.7 Å². The van der Waals surface area contributed by atoms with Crippen molar-refractivity contribution in [1.82, 2.24) is 4.90 Å². The molecule has 1 fully saturated rings. The summed E-state index contributed by atoms with van der Waals surface area (Å²) >= 11 is 0. The fourth-order valence-corrected chi connectivity index (χ4v) is 3.41.